The zero-order valence-corrected chi connectivity index (χ0v) is 12.0. The van der Waals surface area contributed by atoms with E-state index in [1.54, 1.807) is 29.5 Å². The summed E-state index contributed by atoms with van der Waals surface area (Å²) in [7, 11) is 0. The topological polar surface area (TPSA) is 21.3 Å². The Morgan fingerprint density at radius 2 is 2.05 bits per heavy atom. The van der Waals surface area contributed by atoms with Gasteiger partial charge in [0.05, 0.1) is 0 Å². The molecule has 1 heterocycles. The summed E-state index contributed by atoms with van der Waals surface area (Å²) in [4.78, 5) is 0. The Balaban J connectivity index is 1.90. The Kier molecular flexibility index (Phi) is 5.49. The summed E-state index contributed by atoms with van der Waals surface area (Å²) in [5.74, 6) is 0.234. The van der Waals surface area contributed by atoms with E-state index in [9.17, 15) is 8.78 Å². The Labute approximate surface area is 121 Å². The summed E-state index contributed by atoms with van der Waals surface area (Å²) in [6.45, 7) is -0.206. The predicted octanol–water partition coefficient (Wildman–Crippen LogP) is 4.07. The number of alkyl halides is 2. The molecule has 2 rings (SSSR count). The lowest BCUT2D eigenvalue weighted by Crippen LogP contribution is -2.27. The highest BCUT2D eigenvalue weighted by Gasteiger charge is 2.10. The van der Waals surface area contributed by atoms with Crippen LogP contribution in [0.1, 0.15) is 18.1 Å². The molecule has 1 atom stereocenters. The third-order valence-electron chi connectivity index (χ3n) is 2.95. The van der Waals surface area contributed by atoms with Gasteiger partial charge in [-0.15, -0.1) is 0 Å². The Bertz CT molecular complexity index is 516. The minimum Gasteiger partial charge on any atom is -0.434 e. The lowest BCUT2D eigenvalue weighted by molar-refractivity contribution is -0.0505. The molecule has 0 saturated carbocycles. The average Bonchev–Trinajstić information content (AvgIpc) is 2.90. The van der Waals surface area contributed by atoms with Gasteiger partial charge in [0, 0.05) is 18.2 Å². The number of benzene rings is 1. The van der Waals surface area contributed by atoms with Gasteiger partial charge in [-0.2, -0.15) is 20.1 Å². The van der Waals surface area contributed by atoms with Gasteiger partial charge in [-0.25, -0.2) is 0 Å². The molecule has 1 unspecified atom stereocenters. The molecule has 20 heavy (non-hydrogen) atoms. The van der Waals surface area contributed by atoms with Crippen LogP contribution in [0, 0.1) is 0 Å². The van der Waals surface area contributed by atoms with Crippen molar-refractivity contribution in [3.05, 3.63) is 52.2 Å². The zero-order valence-electron chi connectivity index (χ0n) is 11.2. The molecule has 0 aliphatic rings. The van der Waals surface area contributed by atoms with Gasteiger partial charge in [0.2, 0.25) is 0 Å². The molecule has 0 bridgehead atoms. The van der Waals surface area contributed by atoms with Crippen molar-refractivity contribution >= 4 is 11.3 Å². The van der Waals surface area contributed by atoms with E-state index in [0.29, 0.717) is 6.54 Å². The quantitative estimate of drug-likeness (QED) is 0.832. The number of ether oxygens (including phenoxy) is 1. The van der Waals surface area contributed by atoms with Crippen molar-refractivity contribution in [3.63, 3.8) is 0 Å². The first-order valence-electron chi connectivity index (χ1n) is 6.42. The second kappa shape index (κ2) is 7.36. The highest BCUT2D eigenvalue weighted by molar-refractivity contribution is 7.07. The number of para-hydroxylation sites is 1. The predicted molar refractivity (Wildman–Crippen MR) is 77.4 cm³/mol. The van der Waals surface area contributed by atoms with E-state index in [-0.39, 0.29) is 11.8 Å². The zero-order chi connectivity index (χ0) is 14.4. The summed E-state index contributed by atoms with van der Waals surface area (Å²) < 4.78 is 29.1. The fourth-order valence-electron chi connectivity index (χ4n) is 1.98. The summed E-state index contributed by atoms with van der Waals surface area (Å²) in [5.41, 5.74) is 2.03. The molecule has 1 N–H and O–H groups in total. The van der Waals surface area contributed by atoms with Gasteiger partial charge < -0.3 is 10.1 Å². The lowest BCUT2D eigenvalue weighted by Gasteiger charge is -2.15. The van der Waals surface area contributed by atoms with Gasteiger partial charge in [0.15, 0.2) is 0 Å². The van der Waals surface area contributed by atoms with E-state index in [0.717, 1.165) is 12.0 Å². The molecule has 5 heteroatoms. The van der Waals surface area contributed by atoms with E-state index in [1.807, 2.05) is 11.4 Å². The molecule has 0 spiro atoms. The largest absolute Gasteiger partial charge is 0.434 e. The van der Waals surface area contributed by atoms with E-state index < -0.39 is 6.61 Å². The molecule has 0 radical (unpaired) electrons. The smallest absolute Gasteiger partial charge is 0.387 e. The number of halogens is 2. The van der Waals surface area contributed by atoms with Crippen LogP contribution in [-0.4, -0.2) is 12.7 Å². The summed E-state index contributed by atoms with van der Waals surface area (Å²) in [5, 5.41) is 7.50. The molecule has 0 amide bonds. The molecule has 0 aliphatic carbocycles. The van der Waals surface area contributed by atoms with E-state index in [4.69, 9.17) is 0 Å². The third kappa shape index (κ3) is 4.58. The minimum atomic E-state index is -2.79. The molecule has 0 aliphatic heterocycles. The van der Waals surface area contributed by atoms with Crippen LogP contribution in [-0.2, 0) is 13.0 Å². The minimum absolute atomic E-state index is 0.234. The van der Waals surface area contributed by atoms with Crippen LogP contribution in [0.2, 0.25) is 0 Å². The van der Waals surface area contributed by atoms with Crippen molar-refractivity contribution in [2.75, 3.05) is 0 Å². The molecule has 2 aromatic rings. The molecule has 108 valence electrons. The molecule has 1 aromatic carbocycles. The fourth-order valence-corrected chi connectivity index (χ4v) is 2.66. The molecule has 0 fully saturated rings. The molecular formula is C15H17F2NOS. The molecule has 2 nitrogen and oxygen atoms in total. The molecule has 0 saturated heterocycles. The summed E-state index contributed by atoms with van der Waals surface area (Å²) in [6, 6.07) is 9.23. The van der Waals surface area contributed by atoms with Crippen LogP contribution in [0.15, 0.2) is 41.1 Å². The van der Waals surface area contributed by atoms with E-state index >= 15 is 0 Å². The second-order valence-corrected chi connectivity index (χ2v) is 5.38. The average molecular weight is 297 g/mol. The lowest BCUT2D eigenvalue weighted by atomic mass is 10.1. The van der Waals surface area contributed by atoms with E-state index in [1.165, 1.54) is 5.56 Å². The van der Waals surface area contributed by atoms with Crippen molar-refractivity contribution in [2.24, 2.45) is 0 Å². The van der Waals surface area contributed by atoms with Crippen molar-refractivity contribution < 1.29 is 13.5 Å². The van der Waals surface area contributed by atoms with Gasteiger partial charge in [0.25, 0.3) is 0 Å². The van der Waals surface area contributed by atoms with Crippen molar-refractivity contribution in [1.29, 1.82) is 0 Å². The number of rotatable bonds is 7. The Morgan fingerprint density at radius 3 is 2.75 bits per heavy atom. The first-order chi connectivity index (χ1) is 9.65. The standard InChI is InChI=1S/C15H17F2NOS/c1-11(8-12-6-7-20-10-12)18-9-13-4-2-3-5-14(13)19-15(16)17/h2-7,10-11,15,18H,8-9H2,1H3. The van der Waals surface area contributed by atoms with Gasteiger partial charge in [-0.1, -0.05) is 18.2 Å². The Morgan fingerprint density at radius 1 is 1.25 bits per heavy atom. The maximum Gasteiger partial charge on any atom is 0.387 e. The highest BCUT2D eigenvalue weighted by Crippen LogP contribution is 2.20. The monoisotopic (exact) mass is 297 g/mol. The van der Waals surface area contributed by atoms with Gasteiger partial charge in [-0.3, -0.25) is 0 Å². The van der Waals surface area contributed by atoms with Crippen LogP contribution >= 0.6 is 11.3 Å². The maximum atomic E-state index is 12.3. The summed E-state index contributed by atoms with van der Waals surface area (Å²) >= 11 is 1.67. The first kappa shape index (κ1) is 14.9. The van der Waals surface area contributed by atoms with Crippen LogP contribution in [0.4, 0.5) is 8.78 Å². The first-order valence-corrected chi connectivity index (χ1v) is 7.36. The van der Waals surface area contributed by atoms with Crippen molar-refractivity contribution in [3.8, 4) is 5.75 Å². The van der Waals surface area contributed by atoms with Crippen LogP contribution < -0.4 is 10.1 Å². The third-order valence-corrected chi connectivity index (χ3v) is 3.68. The normalized spacial score (nSPS) is 12.6. The van der Waals surface area contributed by atoms with Crippen molar-refractivity contribution in [2.45, 2.75) is 32.5 Å². The Hall–Kier alpha value is -1.46. The molecular weight excluding hydrogens is 280 g/mol. The molecule has 1 aromatic heterocycles. The summed E-state index contributed by atoms with van der Waals surface area (Å²) in [6.07, 6.45) is 0.918. The highest BCUT2D eigenvalue weighted by atomic mass is 32.1. The van der Waals surface area contributed by atoms with Gasteiger partial charge in [-0.05, 0) is 41.8 Å². The number of nitrogens with one attached hydrogen (secondary N) is 1. The number of thiophene rings is 1. The SMILES string of the molecule is CC(Cc1ccsc1)NCc1ccccc1OC(F)F. The van der Waals surface area contributed by atoms with E-state index in [2.05, 4.69) is 28.4 Å². The fraction of sp³-hybridized carbons (Fsp3) is 0.333. The van der Waals surface area contributed by atoms with Crippen molar-refractivity contribution in [1.82, 2.24) is 5.32 Å². The number of hydrogen-bond acceptors (Lipinski definition) is 3. The number of hydrogen-bond donors (Lipinski definition) is 1. The maximum absolute atomic E-state index is 12.3. The van der Waals surface area contributed by atoms with Gasteiger partial charge >= 0.3 is 6.61 Å². The van der Waals surface area contributed by atoms with Crippen LogP contribution in [0.25, 0.3) is 0 Å². The van der Waals surface area contributed by atoms with Crippen LogP contribution in [0.3, 0.4) is 0 Å². The van der Waals surface area contributed by atoms with Crippen LogP contribution in [0.5, 0.6) is 5.75 Å². The van der Waals surface area contributed by atoms with Gasteiger partial charge in [0.1, 0.15) is 5.75 Å². The second-order valence-electron chi connectivity index (χ2n) is 4.60.